The van der Waals surface area contributed by atoms with Crippen LogP contribution in [0.5, 0.6) is 0 Å². The quantitative estimate of drug-likeness (QED) is 0.805. The number of hydrogen-bond acceptors (Lipinski definition) is 2. The maximum Gasteiger partial charge on any atom is 0.252 e. The monoisotopic (exact) mass is 218 g/mol. The van der Waals surface area contributed by atoms with Gasteiger partial charge in [-0.3, -0.25) is 4.79 Å². The highest BCUT2D eigenvalue weighted by Gasteiger charge is 2.03. The number of aromatic amines is 1. The third kappa shape index (κ3) is 2.01. The standard InChI is InChI=1S/C12H11FN2O/c13-11-3-1-2-8(5-11)10-4-9(6-14)12(16)15-7-10/h1-5,7H,6,14H2,(H,15,16). The number of pyridine rings is 1. The Bertz CT molecular complexity index is 563. The second-order valence-electron chi connectivity index (χ2n) is 3.46. The van der Waals surface area contributed by atoms with Crippen molar-refractivity contribution in [2.75, 3.05) is 0 Å². The number of benzene rings is 1. The first-order valence-electron chi connectivity index (χ1n) is 4.88. The zero-order valence-electron chi connectivity index (χ0n) is 8.53. The molecule has 2 rings (SSSR count). The minimum atomic E-state index is -0.307. The SMILES string of the molecule is NCc1cc(-c2cccc(F)c2)c[nH]c1=O. The van der Waals surface area contributed by atoms with Crippen LogP contribution in [0.4, 0.5) is 4.39 Å². The third-order valence-electron chi connectivity index (χ3n) is 2.36. The van der Waals surface area contributed by atoms with Crippen LogP contribution in [-0.4, -0.2) is 4.98 Å². The van der Waals surface area contributed by atoms with Gasteiger partial charge in [0.2, 0.25) is 0 Å². The third-order valence-corrected chi connectivity index (χ3v) is 2.36. The van der Waals surface area contributed by atoms with Gasteiger partial charge in [-0.25, -0.2) is 4.39 Å². The van der Waals surface area contributed by atoms with Gasteiger partial charge in [0.15, 0.2) is 0 Å². The molecule has 3 N–H and O–H groups in total. The van der Waals surface area contributed by atoms with E-state index < -0.39 is 0 Å². The number of aromatic nitrogens is 1. The lowest BCUT2D eigenvalue weighted by Crippen LogP contribution is -2.15. The summed E-state index contributed by atoms with van der Waals surface area (Å²) in [7, 11) is 0. The Labute approximate surface area is 91.7 Å². The predicted octanol–water partition coefficient (Wildman–Crippen LogP) is 1.64. The van der Waals surface area contributed by atoms with Gasteiger partial charge in [-0.05, 0) is 29.3 Å². The van der Waals surface area contributed by atoms with E-state index in [1.165, 1.54) is 12.1 Å². The summed E-state index contributed by atoms with van der Waals surface area (Å²) in [5.74, 6) is -0.307. The second kappa shape index (κ2) is 4.28. The lowest BCUT2D eigenvalue weighted by atomic mass is 10.1. The van der Waals surface area contributed by atoms with E-state index >= 15 is 0 Å². The van der Waals surface area contributed by atoms with Gasteiger partial charge in [0.05, 0.1) is 0 Å². The number of halogens is 1. The minimum absolute atomic E-state index is 0.165. The summed E-state index contributed by atoms with van der Waals surface area (Å²) in [5.41, 5.74) is 7.18. The Hall–Kier alpha value is -1.94. The van der Waals surface area contributed by atoms with E-state index in [2.05, 4.69) is 4.98 Å². The Morgan fingerprint density at radius 1 is 1.25 bits per heavy atom. The smallest absolute Gasteiger partial charge is 0.252 e. The van der Waals surface area contributed by atoms with Gasteiger partial charge in [-0.2, -0.15) is 0 Å². The molecule has 0 unspecified atom stereocenters. The van der Waals surface area contributed by atoms with Crippen LogP contribution in [-0.2, 0) is 6.54 Å². The molecule has 1 heterocycles. The number of H-pyrrole nitrogens is 1. The maximum atomic E-state index is 13.0. The lowest BCUT2D eigenvalue weighted by molar-refractivity contribution is 0.628. The molecule has 16 heavy (non-hydrogen) atoms. The van der Waals surface area contributed by atoms with E-state index in [0.717, 1.165) is 5.56 Å². The van der Waals surface area contributed by atoms with Crippen molar-refractivity contribution in [1.29, 1.82) is 0 Å². The predicted molar refractivity (Wildman–Crippen MR) is 60.3 cm³/mol. The molecule has 4 heteroatoms. The van der Waals surface area contributed by atoms with Crippen molar-refractivity contribution >= 4 is 0 Å². The van der Waals surface area contributed by atoms with Gasteiger partial charge in [-0.15, -0.1) is 0 Å². The first-order chi connectivity index (χ1) is 7.70. The van der Waals surface area contributed by atoms with Crippen LogP contribution in [0.1, 0.15) is 5.56 Å². The first-order valence-corrected chi connectivity index (χ1v) is 4.88. The molecule has 0 fully saturated rings. The normalized spacial score (nSPS) is 10.4. The molecule has 0 aliphatic carbocycles. The molecule has 0 saturated carbocycles. The second-order valence-corrected chi connectivity index (χ2v) is 3.46. The molecule has 0 atom stereocenters. The van der Waals surface area contributed by atoms with E-state index in [0.29, 0.717) is 11.1 Å². The molecule has 0 saturated heterocycles. The van der Waals surface area contributed by atoms with Crippen molar-refractivity contribution in [3.8, 4) is 11.1 Å². The number of nitrogens with one attached hydrogen (secondary N) is 1. The molecular formula is C12H11FN2O. The van der Waals surface area contributed by atoms with E-state index in [4.69, 9.17) is 5.73 Å². The van der Waals surface area contributed by atoms with Crippen molar-refractivity contribution in [2.24, 2.45) is 5.73 Å². The van der Waals surface area contributed by atoms with Crippen molar-refractivity contribution in [3.63, 3.8) is 0 Å². The highest BCUT2D eigenvalue weighted by Crippen LogP contribution is 2.18. The molecule has 2 aromatic rings. The molecule has 1 aromatic heterocycles. The Morgan fingerprint density at radius 3 is 2.75 bits per heavy atom. The zero-order valence-corrected chi connectivity index (χ0v) is 8.53. The van der Waals surface area contributed by atoms with Crippen LogP contribution >= 0.6 is 0 Å². The van der Waals surface area contributed by atoms with Gasteiger partial charge in [0, 0.05) is 18.3 Å². The molecule has 0 spiro atoms. The van der Waals surface area contributed by atoms with Crippen molar-refractivity contribution in [2.45, 2.75) is 6.54 Å². The van der Waals surface area contributed by atoms with Gasteiger partial charge >= 0.3 is 0 Å². The number of hydrogen-bond donors (Lipinski definition) is 2. The first kappa shape index (κ1) is 10.6. The Morgan fingerprint density at radius 2 is 2.06 bits per heavy atom. The van der Waals surface area contributed by atoms with Gasteiger partial charge in [-0.1, -0.05) is 12.1 Å². The van der Waals surface area contributed by atoms with E-state index in [1.54, 1.807) is 24.4 Å². The van der Waals surface area contributed by atoms with Crippen LogP contribution in [0.15, 0.2) is 41.3 Å². The average Bonchev–Trinajstić information content (AvgIpc) is 2.29. The topological polar surface area (TPSA) is 58.9 Å². The fraction of sp³-hybridized carbons (Fsp3) is 0.0833. The van der Waals surface area contributed by atoms with Gasteiger partial charge in [0.1, 0.15) is 5.82 Å². The molecule has 1 aromatic carbocycles. The number of nitrogens with two attached hydrogens (primary N) is 1. The molecule has 0 aliphatic rings. The summed E-state index contributed by atoms with van der Waals surface area (Å²) in [4.78, 5) is 13.9. The minimum Gasteiger partial charge on any atom is -0.328 e. The molecule has 3 nitrogen and oxygen atoms in total. The van der Waals surface area contributed by atoms with Crippen molar-refractivity contribution in [1.82, 2.24) is 4.98 Å². The summed E-state index contributed by atoms with van der Waals surface area (Å²) < 4.78 is 13.0. The zero-order chi connectivity index (χ0) is 11.5. The molecule has 82 valence electrons. The van der Waals surface area contributed by atoms with Crippen LogP contribution in [0, 0.1) is 5.82 Å². The van der Waals surface area contributed by atoms with Crippen LogP contribution in [0.25, 0.3) is 11.1 Å². The fourth-order valence-corrected chi connectivity index (χ4v) is 1.52. The summed E-state index contributed by atoms with van der Waals surface area (Å²) in [6, 6.07) is 7.86. The van der Waals surface area contributed by atoms with Gasteiger partial charge < -0.3 is 10.7 Å². The molecular weight excluding hydrogens is 207 g/mol. The van der Waals surface area contributed by atoms with Crippen LogP contribution in [0.3, 0.4) is 0 Å². The van der Waals surface area contributed by atoms with Crippen molar-refractivity contribution in [3.05, 3.63) is 58.3 Å². The average molecular weight is 218 g/mol. The van der Waals surface area contributed by atoms with E-state index in [-0.39, 0.29) is 17.9 Å². The Kier molecular flexibility index (Phi) is 2.83. The Balaban J connectivity index is 2.52. The molecule has 0 radical (unpaired) electrons. The van der Waals surface area contributed by atoms with Crippen LogP contribution in [0.2, 0.25) is 0 Å². The van der Waals surface area contributed by atoms with Gasteiger partial charge in [0.25, 0.3) is 5.56 Å². The van der Waals surface area contributed by atoms with Crippen LogP contribution < -0.4 is 11.3 Å². The summed E-state index contributed by atoms with van der Waals surface area (Å²) in [6.45, 7) is 0.165. The molecule has 0 aliphatic heterocycles. The lowest BCUT2D eigenvalue weighted by Gasteiger charge is -2.03. The maximum absolute atomic E-state index is 13.0. The highest BCUT2D eigenvalue weighted by molar-refractivity contribution is 5.62. The molecule has 0 amide bonds. The highest BCUT2D eigenvalue weighted by atomic mass is 19.1. The summed E-state index contributed by atoms with van der Waals surface area (Å²) in [6.07, 6.45) is 1.55. The molecule has 0 bridgehead atoms. The number of rotatable bonds is 2. The van der Waals surface area contributed by atoms with E-state index in [1.807, 2.05) is 0 Å². The largest absolute Gasteiger partial charge is 0.328 e. The van der Waals surface area contributed by atoms with Crippen molar-refractivity contribution < 1.29 is 4.39 Å². The summed E-state index contributed by atoms with van der Waals surface area (Å²) in [5, 5.41) is 0. The van der Waals surface area contributed by atoms with E-state index in [9.17, 15) is 9.18 Å². The fourth-order valence-electron chi connectivity index (χ4n) is 1.52. The summed E-state index contributed by atoms with van der Waals surface area (Å²) >= 11 is 0.